The number of alkyl halides is 3. The Hall–Kier alpha value is -3.09. The van der Waals surface area contributed by atoms with Gasteiger partial charge < -0.3 is 10.6 Å². The van der Waals surface area contributed by atoms with Gasteiger partial charge in [0.1, 0.15) is 5.69 Å². The molecule has 0 atom stereocenters. The maximum atomic E-state index is 13.3. The molecule has 4 nitrogen and oxygen atoms in total. The van der Waals surface area contributed by atoms with Gasteiger partial charge in [-0.2, -0.15) is 13.2 Å². The zero-order valence-electron chi connectivity index (χ0n) is 19.7. The molecular weight excluding hydrogens is 439 g/mol. The second kappa shape index (κ2) is 9.28. The molecule has 0 radical (unpaired) electrons. The maximum Gasteiger partial charge on any atom is 0.433 e. The summed E-state index contributed by atoms with van der Waals surface area (Å²) >= 11 is 0. The highest BCUT2D eigenvalue weighted by Crippen LogP contribution is 2.34. The summed E-state index contributed by atoms with van der Waals surface area (Å²) in [7, 11) is 0. The Morgan fingerprint density at radius 1 is 0.912 bits per heavy atom. The number of benzene rings is 2. The molecule has 2 N–H and O–H groups in total. The van der Waals surface area contributed by atoms with Crippen LogP contribution in [0.25, 0.3) is 10.9 Å². The monoisotopic (exact) mass is 469 g/mol. The van der Waals surface area contributed by atoms with Crippen molar-refractivity contribution in [3.05, 3.63) is 71.4 Å². The predicted molar refractivity (Wildman–Crippen MR) is 129 cm³/mol. The highest BCUT2D eigenvalue weighted by Gasteiger charge is 2.34. The first-order valence-corrected chi connectivity index (χ1v) is 11.7. The third-order valence-corrected chi connectivity index (χ3v) is 6.44. The Morgan fingerprint density at radius 2 is 1.53 bits per heavy atom. The van der Waals surface area contributed by atoms with E-state index in [2.05, 4.69) is 36.4 Å². The Labute approximate surface area is 198 Å². The smallest absolute Gasteiger partial charge is 0.382 e. The van der Waals surface area contributed by atoms with E-state index in [9.17, 15) is 18.0 Å². The number of anilines is 1. The number of hydrogen-bond donors (Lipinski definition) is 2. The van der Waals surface area contributed by atoms with Gasteiger partial charge in [-0.15, -0.1) is 0 Å². The second-order valence-electron chi connectivity index (χ2n) is 10.1. The van der Waals surface area contributed by atoms with Gasteiger partial charge in [-0.05, 0) is 60.9 Å². The molecule has 0 bridgehead atoms. The van der Waals surface area contributed by atoms with E-state index in [0.29, 0.717) is 22.2 Å². The van der Waals surface area contributed by atoms with Gasteiger partial charge in [0, 0.05) is 28.7 Å². The lowest BCUT2D eigenvalue weighted by Gasteiger charge is -2.31. The molecule has 1 aromatic heterocycles. The molecule has 1 saturated carbocycles. The van der Waals surface area contributed by atoms with Crippen LogP contribution in [0, 0.1) is 0 Å². The molecule has 0 unspecified atom stereocenters. The number of nitrogens with zero attached hydrogens (tertiary/aromatic N) is 1. The molecule has 1 heterocycles. The minimum absolute atomic E-state index is 0.0292. The molecule has 1 aliphatic carbocycles. The van der Waals surface area contributed by atoms with Crippen LogP contribution in [0.2, 0.25) is 0 Å². The molecule has 34 heavy (non-hydrogen) atoms. The van der Waals surface area contributed by atoms with Crippen LogP contribution in [-0.2, 0) is 11.6 Å². The molecule has 180 valence electrons. The van der Waals surface area contributed by atoms with E-state index in [1.54, 1.807) is 24.3 Å². The van der Waals surface area contributed by atoms with Crippen molar-refractivity contribution >= 4 is 22.5 Å². The van der Waals surface area contributed by atoms with Crippen LogP contribution in [0.5, 0.6) is 0 Å². The van der Waals surface area contributed by atoms with Crippen LogP contribution < -0.4 is 10.6 Å². The van der Waals surface area contributed by atoms with Gasteiger partial charge in [0.15, 0.2) is 0 Å². The molecule has 2 aromatic carbocycles. The summed E-state index contributed by atoms with van der Waals surface area (Å²) in [6, 6.07) is 15.7. The third-order valence-electron chi connectivity index (χ3n) is 6.44. The first-order chi connectivity index (χ1) is 16.0. The van der Waals surface area contributed by atoms with Crippen molar-refractivity contribution in [3.8, 4) is 0 Å². The number of pyridine rings is 1. The number of carbonyl (C=O) groups is 1. The number of rotatable bonds is 4. The van der Waals surface area contributed by atoms with Gasteiger partial charge in [0.25, 0.3) is 5.91 Å². The minimum atomic E-state index is -4.51. The maximum absolute atomic E-state index is 13.3. The summed E-state index contributed by atoms with van der Waals surface area (Å²) in [4.78, 5) is 16.5. The highest BCUT2D eigenvalue weighted by molar-refractivity contribution is 5.94. The van der Waals surface area contributed by atoms with Crippen molar-refractivity contribution in [1.82, 2.24) is 10.3 Å². The van der Waals surface area contributed by atoms with Gasteiger partial charge in [-0.3, -0.25) is 4.79 Å². The average Bonchev–Trinajstić information content (AvgIpc) is 2.79. The Kier molecular flexibility index (Phi) is 6.56. The van der Waals surface area contributed by atoms with Crippen molar-refractivity contribution in [2.45, 2.75) is 70.1 Å². The number of carbonyl (C=O) groups excluding carboxylic acids is 1. The third kappa shape index (κ3) is 5.51. The summed E-state index contributed by atoms with van der Waals surface area (Å²) in [5, 5.41) is 7.09. The fourth-order valence-electron chi connectivity index (χ4n) is 4.43. The van der Waals surface area contributed by atoms with Crippen LogP contribution in [0.3, 0.4) is 0 Å². The fraction of sp³-hybridized carbons (Fsp3) is 0.407. The van der Waals surface area contributed by atoms with Crippen molar-refractivity contribution in [3.63, 3.8) is 0 Å². The lowest BCUT2D eigenvalue weighted by atomic mass is 9.86. The van der Waals surface area contributed by atoms with E-state index >= 15 is 0 Å². The summed E-state index contributed by atoms with van der Waals surface area (Å²) in [5.41, 5.74) is 1.71. The van der Waals surface area contributed by atoms with Crippen molar-refractivity contribution in [1.29, 1.82) is 0 Å². The molecule has 1 amide bonds. The van der Waals surface area contributed by atoms with E-state index in [1.165, 1.54) is 5.56 Å². The normalized spacial score (nSPS) is 19.1. The number of nitrogens with one attached hydrogen (secondary N) is 2. The van der Waals surface area contributed by atoms with Gasteiger partial charge in [-0.1, -0.05) is 51.1 Å². The van der Waals surface area contributed by atoms with Gasteiger partial charge in [0.05, 0.1) is 5.52 Å². The molecule has 1 aliphatic rings. The number of hydrogen-bond acceptors (Lipinski definition) is 3. The predicted octanol–water partition coefficient (Wildman–Crippen LogP) is 6.70. The molecule has 1 fully saturated rings. The van der Waals surface area contributed by atoms with Gasteiger partial charge >= 0.3 is 6.18 Å². The summed E-state index contributed by atoms with van der Waals surface area (Å²) in [6.07, 6.45) is -1.47. The lowest BCUT2D eigenvalue weighted by Crippen LogP contribution is -2.40. The Morgan fingerprint density at radius 3 is 2.15 bits per heavy atom. The number of aromatic nitrogens is 1. The molecule has 0 saturated heterocycles. The van der Waals surface area contributed by atoms with Crippen molar-refractivity contribution in [2.24, 2.45) is 0 Å². The van der Waals surface area contributed by atoms with Gasteiger partial charge in [-0.25, -0.2) is 4.98 Å². The molecule has 4 rings (SSSR count). The lowest BCUT2D eigenvalue weighted by molar-refractivity contribution is -0.140. The zero-order chi connectivity index (χ0) is 24.5. The fourth-order valence-corrected chi connectivity index (χ4v) is 4.43. The quantitative estimate of drug-likeness (QED) is 0.447. The van der Waals surface area contributed by atoms with E-state index in [1.807, 2.05) is 24.3 Å². The SMILES string of the molecule is CC(C)(C)c1ccc(C(=O)N[C@H]2CC[C@@H](Nc3cc(C(F)(F)F)nc4ccccc34)CC2)cc1. The summed E-state index contributed by atoms with van der Waals surface area (Å²) in [6.45, 7) is 6.40. The van der Waals surface area contributed by atoms with Crippen LogP contribution in [0.1, 0.15) is 68.1 Å². The van der Waals surface area contributed by atoms with E-state index in [4.69, 9.17) is 0 Å². The van der Waals surface area contributed by atoms with E-state index in [-0.39, 0.29) is 23.4 Å². The van der Waals surface area contributed by atoms with Crippen LogP contribution >= 0.6 is 0 Å². The average molecular weight is 470 g/mol. The zero-order valence-corrected chi connectivity index (χ0v) is 19.7. The Balaban J connectivity index is 1.38. The summed E-state index contributed by atoms with van der Waals surface area (Å²) < 4.78 is 40.0. The number of para-hydroxylation sites is 1. The molecule has 7 heteroatoms. The molecule has 3 aromatic rings. The van der Waals surface area contributed by atoms with Gasteiger partial charge in [0.2, 0.25) is 0 Å². The molecule has 0 aliphatic heterocycles. The first-order valence-electron chi connectivity index (χ1n) is 11.7. The van der Waals surface area contributed by atoms with Crippen molar-refractivity contribution in [2.75, 3.05) is 5.32 Å². The number of amides is 1. The number of halogens is 3. The van der Waals surface area contributed by atoms with Crippen LogP contribution in [0.4, 0.5) is 18.9 Å². The van der Waals surface area contributed by atoms with Crippen LogP contribution in [0.15, 0.2) is 54.6 Å². The minimum Gasteiger partial charge on any atom is -0.382 e. The second-order valence-corrected chi connectivity index (χ2v) is 10.1. The topological polar surface area (TPSA) is 54.0 Å². The highest BCUT2D eigenvalue weighted by atomic mass is 19.4. The number of fused-ring (bicyclic) bond motifs is 1. The standard InChI is InChI=1S/C27H30F3N3O/c1-26(2,3)18-10-8-17(9-11-18)25(34)32-20-14-12-19(13-15-20)31-23-16-24(27(28,29)30)33-22-7-5-4-6-21(22)23/h4-11,16,19-20H,12-15H2,1-3H3,(H,31,33)(H,32,34)/t19-,20+. The largest absolute Gasteiger partial charge is 0.433 e. The molecular formula is C27H30F3N3O. The first kappa shape index (κ1) is 24.0. The van der Waals surface area contributed by atoms with E-state index < -0.39 is 11.9 Å². The molecule has 0 spiro atoms. The van der Waals surface area contributed by atoms with E-state index in [0.717, 1.165) is 31.7 Å². The summed E-state index contributed by atoms with van der Waals surface area (Å²) in [5.74, 6) is -0.0909. The van der Waals surface area contributed by atoms with Crippen molar-refractivity contribution < 1.29 is 18.0 Å². The Bertz CT molecular complexity index is 1160. The van der Waals surface area contributed by atoms with Crippen LogP contribution in [-0.4, -0.2) is 23.0 Å².